The van der Waals surface area contributed by atoms with Crippen molar-refractivity contribution < 1.29 is 14.3 Å². The van der Waals surface area contributed by atoms with Gasteiger partial charge in [0.05, 0.1) is 19.2 Å². The number of carbonyl (C=O) groups is 1. The molecule has 1 aliphatic heterocycles. The third-order valence-electron chi connectivity index (χ3n) is 5.82. The van der Waals surface area contributed by atoms with E-state index in [1.54, 1.807) is 14.1 Å². The van der Waals surface area contributed by atoms with E-state index >= 15 is 0 Å². The Hall–Kier alpha value is -2.96. The quantitative estimate of drug-likeness (QED) is 0.697. The summed E-state index contributed by atoms with van der Waals surface area (Å²) in [4.78, 5) is 20.0. The van der Waals surface area contributed by atoms with Crippen molar-refractivity contribution in [2.75, 3.05) is 38.7 Å². The van der Waals surface area contributed by atoms with Gasteiger partial charge in [-0.25, -0.2) is 9.78 Å². The van der Waals surface area contributed by atoms with Crippen LogP contribution in [0, 0.1) is 5.92 Å². The second-order valence-corrected chi connectivity index (χ2v) is 8.72. The van der Waals surface area contributed by atoms with Gasteiger partial charge >= 0.3 is 6.03 Å². The molecule has 2 amide bonds. The summed E-state index contributed by atoms with van der Waals surface area (Å²) >= 11 is 0. The van der Waals surface area contributed by atoms with Gasteiger partial charge in [0.1, 0.15) is 11.9 Å². The number of hydrogen-bond donors (Lipinski definition) is 1. The molecule has 1 aromatic carbocycles. The van der Waals surface area contributed by atoms with Crippen molar-refractivity contribution in [3.8, 4) is 11.6 Å². The number of hydrogen-bond acceptors (Lipinski definition) is 5. The maximum atomic E-state index is 11.8. The fraction of sp³-hybridized carbons (Fsp3) is 0.500. The number of benzene rings is 1. The van der Waals surface area contributed by atoms with Crippen LogP contribution in [0.4, 0.5) is 10.5 Å². The van der Waals surface area contributed by atoms with Gasteiger partial charge < -0.3 is 24.6 Å². The van der Waals surface area contributed by atoms with Gasteiger partial charge in [-0.15, -0.1) is 0 Å². The first-order chi connectivity index (χ1) is 15.0. The van der Waals surface area contributed by atoms with Gasteiger partial charge in [-0.05, 0) is 49.4 Å². The van der Waals surface area contributed by atoms with E-state index in [2.05, 4.69) is 15.2 Å². The molecule has 2 aromatic rings. The van der Waals surface area contributed by atoms with E-state index in [0.717, 1.165) is 43.1 Å². The van der Waals surface area contributed by atoms with Crippen molar-refractivity contribution in [2.24, 2.45) is 5.92 Å². The van der Waals surface area contributed by atoms with Crippen LogP contribution >= 0.6 is 0 Å². The van der Waals surface area contributed by atoms with E-state index in [1.165, 1.54) is 17.7 Å². The molecular formula is C24H32N4O3. The predicted octanol–water partition coefficient (Wildman–Crippen LogP) is 3.86. The summed E-state index contributed by atoms with van der Waals surface area (Å²) in [6.07, 6.45) is 5.48. The Labute approximate surface area is 184 Å². The number of amides is 2. The van der Waals surface area contributed by atoms with Gasteiger partial charge in [-0.2, -0.15) is 0 Å². The molecule has 166 valence electrons. The molecule has 31 heavy (non-hydrogen) atoms. The van der Waals surface area contributed by atoms with E-state index in [1.807, 2.05) is 49.5 Å². The molecular weight excluding hydrogens is 392 g/mol. The highest BCUT2D eigenvalue weighted by Crippen LogP contribution is 2.30. The third kappa shape index (κ3) is 5.81. The highest BCUT2D eigenvalue weighted by atomic mass is 16.5. The first kappa shape index (κ1) is 21.3. The standard InChI is InChI=1S/C24H32N4O3/c1-17(26-24(29)27(2)3)19-6-8-21(9-7-19)31-22-11-13-28(15-22)20-10-12-25-23(14-20)30-16-18-4-5-18/h6-10,12,14,17-18,22H,4-5,11,13,15-16H2,1-3H3,(H,26,29)/t17-,22?/m0/s1. The Morgan fingerprint density at radius 1 is 1.23 bits per heavy atom. The second-order valence-electron chi connectivity index (χ2n) is 8.72. The van der Waals surface area contributed by atoms with Gasteiger partial charge in [-0.1, -0.05) is 12.1 Å². The molecule has 0 spiro atoms. The Morgan fingerprint density at radius 2 is 2.00 bits per heavy atom. The SMILES string of the molecule is C[C@H](NC(=O)N(C)C)c1ccc(OC2CCN(c3ccnc(OCC4CC4)c3)C2)cc1. The van der Waals surface area contributed by atoms with Gasteiger partial charge in [-0.3, -0.25) is 0 Å². The molecule has 2 aliphatic rings. The number of nitrogens with one attached hydrogen (secondary N) is 1. The Morgan fingerprint density at radius 3 is 2.71 bits per heavy atom. The lowest BCUT2D eigenvalue weighted by Crippen LogP contribution is -2.36. The zero-order chi connectivity index (χ0) is 21.8. The molecule has 1 saturated heterocycles. The van der Waals surface area contributed by atoms with Gasteiger partial charge in [0, 0.05) is 45.0 Å². The number of nitrogens with zero attached hydrogens (tertiary/aromatic N) is 3. The molecule has 1 aliphatic carbocycles. The number of rotatable bonds is 8. The summed E-state index contributed by atoms with van der Waals surface area (Å²) in [7, 11) is 3.47. The van der Waals surface area contributed by atoms with E-state index in [0.29, 0.717) is 11.8 Å². The van der Waals surface area contributed by atoms with Crippen molar-refractivity contribution >= 4 is 11.7 Å². The number of pyridine rings is 1. The fourth-order valence-corrected chi connectivity index (χ4v) is 3.65. The molecule has 2 heterocycles. The maximum absolute atomic E-state index is 11.8. The highest BCUT2D eigenvalue weighted by Gasteiger charge is 2.25. The Balaban J connectivity index is 1.29. The minimum atomic E-state index is -0.101. The zero-order valence-electron chi connectivity index (χ0n) is 18.6. The molecule has 1 N–H and O–H groups in total. The lowest BCUT2D eigenvalue weighted by molar-refractivity contribution is 0.214. The highest BCUT2D eigenvalue weighted by molar-refractivity contribution is 5.74. The minimum absolute atomic E-state index is 0.0612. The molecule has 2 fully saturated rings. The lowest BCUT2D eigenvalue weighted by Gasteiger charge is -2.20. The zero-order valence-corrected chi connectivity index (χ0v) is 18.6. The second kappa shape index (κ2) is 9.45. The molecule has 7 heteroatoms. The average molecular weight is 425 g/mol. The van der Waals surface area contributed by atoms with E-state index in [4.69, 9.17) is 9.47 Å². The van der Waals surface area contributed by atoms with Crippen molar-refractivity contribution in [1.29, 1.82) is 0 Å². The van der Waals surface area contributed by atoms with Crippen LogP contribution in [0.3, 0.4) is 0 Å². The first-order valence-corrected chi connectivity index (χ1v) is 11.1. The monoisotopic (exact) mass is 424 g/mol. The van der Waals surface area contributed by atoms with E-state index in [9.17, 15) is 4.79 Å². The van der Waals surface area contributed by atoms with Crippen LogP contribution in [-0.2, 0) is 0 Å². The van der Waals surface area contributed by atoms with Crippen molar-refractivity contribution in [3.05, 3.63) is 48.2 Å². The molecule has 1 aromatic heterocycles. The first-order valence-electron chi connectivity index (χ1n) is 11.1. The number of urea groups is 1. The summed E-state index contributed by atoms with van der Waals surface area (Å²) in [6.45, 7) is 4.53. The molecule has 2 atom stereocenters. The number of anilines is 1. The van der Waals surface area contributed by atoms with Crippen molar-refractivity contribution in [3.63, 3.8) is 0 Å². The van der Waals surface area contributed by atoms with Crippen LogP contribution in [0.1, 0.15) is 37.8 Å². The number of aromatic nitrogens is 1. The summed E-state index contributed by atoms with van der Waals surface area (Å²) in [5.41, 5.74) is 2.18. The van der Waals surface area contributed by atoms with E-state index < -0.39 is 0 Å². The molecule has 1 unspecified atom stereocenters. The van der Waals surface area contributed by atoms with Gasteiger partial charge in [0.15, 0.2) is 0 Å². The van der Waals surface area contributed by atoms with Crippen LogP contribution < -0.4 is 19.7 Å². The van der Waals surface area contributed by atoms with Crippen LogP contribution in [-0.4, -0.2) is 55.8 Å². The van der Waals surface area contributed by atoms with Crippen LogP contribution in [0.25, 0.3) is 0 Å². The summed E-state index contributed by atoms with van der Waals surface area (Å²) < 4.78 is 12.0. The van der Waals surface area contributed by atoms with Gasteiger partial charge in [0.2, 0.25) is 5.88 Å². The average Bonchev–Trinajstić information content (AvgIpc) is 3.49. The summed E-state index contributed by atoms with van der Waals surface area (Å²) in [5, 5.41) is 2.96. The lowest BCUT2D eigenvalue weighted by atomic mass is 10.1. The van der Waals surface area contributed by atoms with Gasteiger partial charge in [0.25, 0.3) is 0 Å². The van der Waals surface area contributed by atoms with Crippen LogP contribution in [0.2, 0.25) is 0 Å². The number of carbonyl (C=O) groups excluding carboxylic acids is 1. The van der Waals surface area contributed by atoms with Crippen molar-refractivity contribution in [1.82, 2.24) is 15.2 Å². The molecule has 4 rings (SSSR count). The molecule has 7 nitrogen and oxygen atoms in total. The van der Waals surface area contributed by atoms with Crippen molar-refractivity contribution in [2.45, 2.75) is 38.3 Å². The fourth-order valence-electron chi connectivity index (χ4n) is 3.65. The van der Waals surface area contributed by atoms with Crippen LogP contribution in [0.15, 0.2) is 42.6 Å². The van der Waals surface area contributed by atoms with E-state index in [-0.39, 0.29) is 18.2 Å². The molecule has 1 saturated carbocycles. The molecule has 0 radical (unpaired) electrons. The third-order valence-corrected chi connectivity index (χ3v) is 5.82. The Bertz CT molecular complexity index is 883. The smallest absolute Gasteiger partial charge is 0.317 e. The normalized spacial score (nSPS) is 19.1. The predicted molar refractivity (Wildman–Crippen MR) is 121 cm³/mol. The summed E-state index contributed by atoms with van der Waals surface area (Å²) in [5.74, 6) is 2.28. The minimum Gasteiger partial charge on any atom is -0.489 e. The maximum Gasteiger partial charge on any atom is 0.317 e. The Kier molecular flexibility index (Phi) is 6.49. The van der Waals surface area contributed by atoms with Crippen LogP contribution in [0.5, 0.6) is 11.6 Å². The topological polar surface area (TPSA) is 66.9 Å². The summed E-state index contributed by atoms with van der Waals surface area (Å²) in [6, 6.07) is 11.9. The largest absolute Gasteiger partial charge is 0.489 e. The number of ether oxygens (including phenoxy) is 2. The molecule has 0 bridgehead atoms.